The number of likely N-dealkylation sites (tertiary alicyclic amines) is 1. The van der Waals surface area contributed by atoms with Crippen LogP contribution in [0, 0.1) is 5.92 Å². The molecule has 130 valence electrons. The summed E-state index contributed by atoms with van der Waals surface area (Å²) in [6, 6.07) is 5.29. The summed E-state index contributed by atoms with van der Waals surface area (Å²) in [4.78, 5) is 18.8. The highest BCUT2D eigenvalue weighted by Crippen LogP contribution is 2.25. The first-order valence-electron chi connectivity index (χ1n) is 7.97. The molecule has 2 atom stereocenters. The van der Waals surface area contributed by atoms with Crippen LogP contribution in [0.25, 0.3) is 10.2 Å². The van der Waals surface area contributed by atoms with E-state index in [1.807, 2.05) is 12.1 Å². The van der Waals surface area contributed by atoms with Gasteiger partial charge in [0.05, 0.1) is 22.0 Å². The van der Waals surface area contributed by atoms with E-state index in [1.54, 1.807) is 16.5 Å². The number of thiazole rings is 1. The summed E-state index contributed by atoms with van der Waals surface area (Å²) < 4.78 is 26.8. The number of fused-ring (bicyclic) bond motifs is 1. The van der Waals surface area contributed by atoms with Crippen LogP contribution in [0.1, 0.15) is 30.1 Å². The van der Waals surface area contributed by atoms with E-state index in [1.165, 1.54) is 11.3 Å². The fourth-order valence-corrected chi connectivity index (χ4v) is 4.81. The number of hydrogen-bond donors (Lipinski definition) is 1. The van der Waals surface area contributed by atoms with E-state index in [-0.39, 0.29) is 17.9 Å². The monoisotopic (exact) mass is 367 g/mol. The number of nitrogens with one attached hydrogen (secondary N) is 1. The zero-order valence-electron chi connectivity index (χ0n) is 13.7. The fraction of sp³-hybridized carbons (Fsp3) is 0.500. The van der Waals surface area contributed by atoms with Crippen LogP contribution in [0.2, 0.25) is 0 Å². The van der Waals surface area contributed by atoms with Crippen molar-refractivity contribution >= 4 is 37.5 Å². The molecule has 1 saturated heterocycles. The molecule has 6 nitrogen and oxygen atoms in total. The zero-order chi connectivity index (χ0) is 17.3. The molecule has 0 saturated carbocycles. The molecule has 0 bridgehead atoms. The molecule has 1 fully saturated rings. The number of sulfonamides is 1. The molecule has 2 unspecified atom stereocenters. The van der Waals surface area contributed by atoms with Gasteiger partial charge < -0.3 is 4.90 Å². The van der Waals surface area contributed by atoms with Crippen molar-refractivity contribution in [2.45, 2.75) is 25.8 Å². The molecule has 1 aliphatic rings. The molecule has 1 amide bonds. The van der Waals surface area contributed by atoms with E-state index in [4.69, 9.17) is 0 Å². The van der Waals surface area contributed by atoms with Gasteiger partial charge in [-0.2, -0.15) is 0 Å². The highest BCUT2D eigenvalue weighted by Gasteiger charge is 2.36. The van der Waals surface area contributed by atoms with Crippen LogP contribution in [0.4, 0.5) is 0 Å². The van der Waals surface area contributed by atoms with Gasteiger partial charge in [-0.3, -0.25) is 4.79 Å². The Morgan fingerprint density at radius 3 is 2.92 bits per heavy atom. The Morgan fingerprint density at radius 2 is 2.21 bits per heavy atom. The Morgan fingerprint density at radius 1 is 1.42 bits per heavy atom. The fourth-order valence-electron chi connectivity index (χ4n) is 3.28. The van der Waals surface area contributed by atoms with Crippen molar-refractivity contribution in [1.82, 2.24) is 14.6 Å². The van der Waals surface area contributed by atoms with Crippen LogP contribution >= 0.6 is 11.3 Å². The average Bonchev–Trinajstić information content (AvgIpc) is 3.12. The SMILES string of the molecule is CCCC1CN(C(=O)c2ccc3ncsc3c2)CC1NS(C)(=O)=O. The lowest BCUT2D eigenvalue weighted by Gasteiger charge is -2.17. The van der Waals surface area contributed by atoms with E-state index in [0.29, 0.717) is 18.7 Å². The van der Waals surface area contributed by atoms with Gasteiger partial charge in [0.1, 0.15) is 0 Å². The molecule has 3 rings (SSSR count). The minimum absolute atomic E-state index is 0.0517. The van der Waals surface area contributed by atoms with Crippen molar-refractivity contribution in [2.24, 2.45) is 5.92 Å². The Hall–Kier alpha value is -1.51. The topological polar surface area (TPSA) is 79.4 Å². The number of carbonyl (C=O) groups is 1. The smallest absolute Gasteiger partial charge is 0.253 e. The highest BCUT2D eigenvalue weighted by molar-refractivity contribution is 7.88. The number of carbonyl (C=O) groups excluding carboxylic acids is 1. The molecule has 0 spiro atoms. The van der Waals surface area contributed by atoms with E-state index in [9.17, 15) is 13.2 Å². The molecule has 1 N–H and O–H groups in total. The largest absolute Gasteiger partial charge is 0.337 e. The Balaban J connectivity index is 1.79. The number of rotatable bonds is 5. The summed E-state index contributed by atoms with van der Waals surface area (Å²) in [6.45, 7) is 3.07. The van der Waals surface area contributed by atoms with Crippen molar-refractivity contribution in [3.8, 4) is 0 Å². The first-order chi connectivity index (χ1) is 11.4. The summed E-state index contributed by atoms with van der Waals surface area (Å²) in [5.74, 6) is 0.102. The van der Waals surface area contributed by atoms with E-state index in [0.717, 1.165) is 29.3 Å². The van der Waals surface area contributed by atoms with E-state index in [2.05, 4.69) is 16.6 Å². The van der Waals surface area contributed by atoms with Crippen molar-refractivity contribution < 1.29 is 13.2 Å². The lowest BCUT2D eigenvalue weighted by Crippen LogP contribution is -2.40. The predicted molar refractivity (Wildman–Crippen MR) is 95.7 cm³/mol. The summed E-state index contributed by atoms with van der Waals surface area (Å²) in [6.07, 6.45) is 3.02. The Labute approximate surface area is 145 Å². The van der Waals surface area contributed by atoms with Crippen LogP contribution in [-0.4, -0.2) is 49.6 Å². The van der Waals surface area contributed by atoms with Crippen molar-refractivity contribution in [2.75, 3.05) is 19.3 Å². The van der Waals surface area contributed by atoms with Crippen molar-refractivity contribution in [3.63, 3.8) is 0 Å². The van der Waals surface area contributed by atoms with Gasteiger partial charge in [0.15, 0.2) is 0 Å². The zero-order valence-corrected chi connectivity index (χ0v) is 15.4. The van der Waals surface area contributed by atoms with Gasteiger partial charge in [0, 0.05) is 24.7 Å². The van der Waals surface area contributed by atoms with E-state index >= 15 is 0 Å². The quantitative estimate of drug-likeness (QED) is 0.877. The predicted octanol–water partition coefficient (Wildman–Crippen LogP) is 2.09. The summed E-state index contributed by atoms with van der Waals surface area (Å²) in [5, 5.41) is 0. The minimum atomic E-state index is -3.29. The molecule has 1 aliphatic heterocycles. The molecular formula is C16H21N3O3S2. The van der Waals surface area contributed by atoms with Crippen LogP contribution in [-0.2, 0) is 10.0 Å². The number of benzene rings is 1. The van der Waals surface area contributed by atoms with Crippen molar-refractivity contribution in [1.29, 1.82) is 0 Å². The maximum Gasteiger partial charge on any atom is 0.253 e. The Kier molecular flexibility index (Phi) is 4.89. The standard InChI is InChI=1S/C16H21N3O3S2/c1-3-4-12-8-19(9-14(12)18-24(2,21)22)16(20)11-5-6-13-15(7-11)23-10-17-13/h5-7,10,12,14,18H,3-4,8-9H2,1-2H3. The lowest BCUT2D eigenvalue weighted by atomic mass is 9.99. The molecule has 0 aliphatic carbocycles. The maximum atomic E-state index is 12.8. The lowest BCUT2D eigenvalue weighted by molar-refractivity contribution is 0.0785. The number of amides is 1. The number of hydrogen-bond acceptors (Lipinski definition) is 5. The maximum absolute atomic E-state index is 12.8. The van der Waals surface area contributed by atoms with Crippen molar-refractivity contribution in [3.05, 3.63) is 29.3 Å². The second kappa shape index (κ2) is 6.78. The molecule has 2 heterocycles. The summed E-state index contributed by atoms with van der Waals surface area (Å²) in [5.41, 5.74) is 3.28. The first kappa shape index (κ1) is 17.3. The minimum Gasteiger partial charge on any atom is -0.337 e. The van der Waals surface area contributed by atoms with Crippen LogP contribution < -0.4 is 4.72 Å². The molecule has 24 heavy (non-hydrogen) atoms. The second-order valence-corrected chi connectivity index (χ2v) is 8.96. The van der Waals surface area contributed by atoms with Crippen LogP contribution in [0.15, 0.2) is 23.7 Å². The molecule has 8 heteroatoms. The van der Waals surface area contributed by atoms with Gasteiger partial charge in [-0.05, 0) is 30.5 Å². The average molecular weight is 367 g/mol. The van der Waals surface area contributed by atoms with Gasteiger partial charge in [0.25, 0.3) is 5.91 Å². The van der Waals surface area contributed by atoms with Gasteiger partial charge in [-0.1, -0.05) is 13.3 Å². The third-order valence-electron chi connectivity index (χ3n) is 4.33. The number of nitrogens with zero attached hydrogens (tertiary/aromatic N) is 2. The molecule has 0 radical (unpaired) electrons. The second-order valence-electron chi connectivity index (χ2n) is 6.29. The summed E-state index contributed by atoms with van der Waals surface area (Å²) in [7, 11) is -3.29. The normalized spacial score (nSPS) is 21.5. The third-order valence-corrected chi connectivity index (χ3v) is 5.85. The Bertz CT molecular complexity index is 847. The molecular weight excluding hydrogens is 346 g/mol. The molecule has 2 aromatic rings. The first-order valence-corrected chi connectivity index (χ1v) is 10.7. The highest BCUT2D eigenvalue weighted by atomic mass is 32.2. The third kappa shape index (κ3) is 3.76. The van der Waals surface area contributed by atoms with Gasteiger partial charge in [0.2, 0.25) is 10.0 Å². The van der Waals surface area contributed by atoms with Gasteiger partial charge in [-0.15, -0.1) is 11.3 Å². The van der Waals surface area contributed by atoms with Gasteiger partial charge >= 0.3 is 0 Å². The van der Waals surface area contributed by atoms with Gasteiger partial charge in [-0.25, -0.2) is 18.1 Å². The van der Waals surface area contributed by atoms with Crippen LogP contribution in [0.3, 0.4) is 0 Å². The van der Waals surface area contributed by atoms with E-state index < -0.39 is 10.0 Å². The molecule has 1 aromatic heterocycles. The number of aromatic nitrogens is 1. The molecule has 1 aromatic carbocycles. The van der Waals surface area contributed by atoms with Crippen LogP contribution in [0.5, 0.6) is 0 Å². The summed E-state index contributed by atoms with van der Waals surface area (Å²) >= 11 is 1.51.